The lowest BCUT2D eigenvalue weighted by Crippen LogP contribution is -2.11. The van der Waals surface area contributed by atoms with Crippen LogP contribution in [0.3, 0.4) is 0 Å². The smallest absolute Gasteiger partial charge is 0.144 e. The fourth-order valence-electron chi connectivity index (χ4n) is 1.38. The Bertz CT molecular complexity index is 316. The van der Waals surface area contributed by atoms with Gasteiger partial charge in [-0.25, -0.2) is 0 Å². The second-order valence-electron chi connectivity index (χ2n) is 3.27. The van der Waals surface area contributed by atoms with Crippen molar-refractivity contribution >= 4 is 11.4 Å². The fourth-order valence-corrected chi connectivity index (χ4v) is 1.38. The summed E-state index contributed by atoms with van der Waals surface area (Å²) >= 11 is 0. The van der Waals surface area contributed by atoms with E-state index in [0.29, 0.717) is 18.9 Å². The summed E-state index contributed by atoms with van der Waals surface area (Å²) in [6, 6.07) is 5.72. The molecule has 0 spiro atoms. The summed E-state index contributed by atoms with van der Waals surface area (Å²) in [7, 11) is 0. The Kier molecular flexibility index (Phi) is 5.50. The van der Waals surface area contributed by atoms with Crippen molar-refractivity contribution in [2.24, 2.45) is 0 Å². The number of hydrogen-bond donors (Lipinski definition) is 2. The normalized spacial score (nSPS) is 10.1. The zero-order valence-corrected chi connectivity index (χ0v) is 9.95. The van der Waals surface area contributed by atoms with Crippen molar-refractivity contribution in [2.75, 3.05) is 37.4 Å². The third-order valence-corrected chi connectivity index (χ3v) is 2.13. The molecule has 4 heteroatoms. The van der Waals surface area contributed by atoms with Crippen LogP contribution in [-0.4, -0.2) is 26.4 Å². The number of nitrogens with one attached hydrogen (secondary N) is 1. The highest BCUT2D eigenvalue weighted by Gasteiger charge is 2.04. The Balaban J connectivity index is 2.55. The first-order chi connectivity index (χ1) is 7.79. The molecule has 0 aliphatic carbocycles. The molecule has 0 atom stereocenters. The van der Waals surface area contributed by atoms with Crippen molar-refractivity contribution in [3.8, 4) is 5.75 Å². The first-order valence-electron chi connectivity index (χ1n) is 5.62. The molecule has 1 rings (SSSR count). The minimum absolute atomic E-state index is 0.618. The summed E-state index contributed by atoms with van der Waals surface area (Å²) in [6.45, 7) is 6.68. The quantitative estimate of drug-likeness (QED) is 0.550. The molecule has 0 saturated heterocycles. The van der Waals surface area contributed by atoms with Gasteiger partial charge in [0.2, 0.25) is 0 Å². The molecule has 0 bridgehead atoms. The maximum absolute atomic E-state index is 5.96. The maximum Gasteiger partial charge on any atom is 0.144 e. The molecule has 0 unspecified atom stereocenters. The van der Waals surface area contributed by atoms with Crippen LogP contribution in [0.1, 0.15) is 13.8 Å². The van der Waals surface area contributed by atoms with Gasteiger partial charge in [-0.2, -0.15) is 0 Å². The molecule has 0 fully saturated rings. The van der Waals surface area contributed by atoms with E-state index in [-0.39, 0.29) is 0 Å². The van der Waals surface area contributed by atoms with Crippen LogP contribution in [0.4, 0.5) is 11.4 Å². The Morgan fingerprint density at radius 1 is 1.25 bits per heavy atom. The van der Waals surface area contributed by atoms with E-state index in [1.54, 1.807) is 0 Å². The number of benzene rings is 1. The molecule has 0 aromatic heterocycles. The number of nitrogen functional groups attached to an aromatic ring is 1. The standard InChI is InChI=1S/C12H20N2O2/c1-3-15-9-8-14-10-6-5-7-11(12(10)13)16-4-2/h5-7,14H,3-4,8-9,13H2,1-2H3. The molecule has 3 N–H and O–H groups in total. The second kappa shape index (κ2) is 6.95. The molecule has 0 amide bonds. The number of para-hydroxylation sites is 1. The monoisotopic (exact) mass is 224 g/mol. The second-order valence-corrected chi connectivity index (χ2v) is 3.27. The minimum Gasteiger partial charge on any atom is -0.492 e. The lowest BCUT2D eigenvalue weighted by molar-refractivity contribution is 0.158. The molecule has 90 valence electrons. The van der Waals surface area contributed by atoms with Crippen LogP contribution >= 0.6 is 0 Å². The first kappa shape index (κ1) is 12.6. The van der Waals surface area contributed by atoms with E-state index in [0.717, 1.165) is 24.6 Å². The van der Waals surface area contributed by atoms with Crippen LogP contribution in [0.5, 0.6) is 5.75 Å². The van der Waals surface area contributed by atoms with Gasteiger partial charge >= 0.3 is 0 Å². The zero-order chi connectivity index (χ0) is 11.8. The maximum atomic E-state index is 5.96. The molecule has 16 heavy (non-hydrogen) atoms. The van der Waals surface area contributed by atoms with Crippen LogP contribution in [0.15, 0.2) is 18.2 Å². The van der Waals surface area contributed by atoms with Gasteiger partial charge in [0, 0.05) is 13.2 Å². The third kappa shape index (κ3) is 3.62. The van der Waals surface area contributed by atoms with E-state index in [1.807, 2.05) is 32.0 Å². The highest BCUT2D eigenvalue weighted by molar-refractivity contribution is 5.72. The van der Waals surface area contributed by atoms with Gasteiger partial charge in [-0.15, -0.1) is 0 Å². The molecule has 0 aliphatic heterocycles. The van der Waals surface area contributed by atoms with Gasteiger partial charge in [0.25, 0.3) is 0 Å². The topological polar surface area (TPSA) is 56.5 Å². The van der Waals surface area contributed by atoms with Crippen molar-refractivity contribution in [3.05, 3.63) is 18.2 Å². The molecule has 1 aromatic carbocycles. The van der Waals surface area contributed by atoms with E-state index in [4.69, 9.17) is 15.2 Å². The zero-order valence-electron chi connectivity index (χ0n) is 9.95. The van der Waals surface area contributed by atoms with Crippen LogP contribution in [0, 0.1) is 0 Å². The number of rotatable bonds is 7. The summed E-state index contributed by atoms with van der Waals surface area (Å²) in [4.78, 5) is 0. The van der Waals surface area contributed by atoms with Crippen LogP contribution in [-0.2, 0) is 4.74 Å². The summed E-state index contributed by atoms with van der Waals surface area (Å²) in [6.07, 6.45) is 0. The lowest BCUT2D eigenvalue weighted by Gasteiger charge is -2.12. The number of nitrogens with two attached hydrogens (primary N) is 1. The molecule has 0 radical (unpaired) electrons. The van der Waals surface area contributed by atoms with Crippen molar-refractivity contribution in [1.82, 2.24) is 0 Å². The number of anilines is 2. The Morgan fingerprint density at radius 2 is 2.06 bits per heavy atom. The minimum atomic E-state index is 0.618. The van der Waals surface area contributed by atoms with E-state index in [2.05, 4.69) is 5.32 Å². The Morgan fingerprint density at radius 3 is 2.75 bits per heavy atom. The van der Waals surface area contributed by atoms with Gasteiger partial charge in [0.15, 0.2) is 0 Å². The SMILES string of the molecule is CCOCCNc1cccc(OCC)c1N. The number of hydrogen-bond acceptors (Lipinski definition) is 4. The van der Waals surface area contributed by atoms with Crippen molar-refractivity contribution in [2.45, 2.75) is 13.8 Å². The summed E-state index contributed by atoms with van der Waals surface area (Å²) in [5, 5.41) is 3.22. The predicted octanol–water partition coefficient (Wildman–Crippen LogP) is 2.12. The van der Waals surface area contributed by atoms with Gasteiger partial charge in [-0.3, -0.25) is 0 Å². The van der Waals surface area contributed by atoms with Gasteiger partial charge in [0.1, 0.15) is 5.75 Å². The van der Waals surface area contributed by atoms with Gasteiger partial charge < -0.3 is 20.5 Å². The van der Waals surface area contributed by atoms with E-state index in [9.17, 15) is 0 Å². The Hall–Kier alpha value is -1.42. The average molecular weight is 224 g/mol. The van der Waals surface area contributed by atoms with Crippen molar-refractivity contribution < 1.29 is 9.47 Å². The number of ether oxygens (including phenoxy) is 2. The lowest BCUT2D eigenvalue weighted by atomic mass is 10.2. The Labute approximate surface area is 96.7 Å². The van der Waals surface area contributed by atoms with Gasteiger partial charge in [-0.1, -0.05) is 6.07 Å². The predicted molar refractivity (Wildman–Crippen MR) is 67.0 cm³/mol. The first-order valence-corrected chi connectivity index (χ1v) is 5.62. The van der Waals surface area contributed by atoms with Crippen molar-refractivity contribution in [3.63, 3.8) is 0 Å². The molecular formula is C12H20N2O2. The van der Waals surface area contributed by atoms with Crippen LogP contribution in [0.2, 0.25) is 0 Å². The molecule has 0 heterocycles. The molecular weight excluding hydrogens is 204 g/mol. The van der Waals surface area contributed by atoms with Crippen LogP contribution in [0.25, 0.3) is 0 Å². The third-order valence-electron chi connectivity index (χ3n) is 2.13. The highest BCUT2D eigenvalue weighted by Crippen LogP contribution is 2.28. The van der Waals surface area contributed by atoms with Crippen LogP contribution < -0.4 is 15.8 Å². The van der Waals surface area contributed by atoms with Crippen molar-refractivity contribution in [1.29, 1.82) is 0 Å². The van der Waals surface area contributed by atoms with E-state index < -0.39 is 0 Å². The summed E-state index contributed by atoms with van der Waals surface area (Å²) in [5.41, 5.74) is 7.50. The molecule has 1 aromatic rings. The molecule has 0 saturated carbocycles. The van der Waals surface area contributed by atoms with Gasteiger partial charge in [0.05, 0.1) is 24.6 Å². The average Bonchev–Trinajstić information content (AvgIpc) is 2.29. The fraction of sp³-hybridized carbons (Fsp3) is 0.500. The van der Waals surface area contributed by atoms with Gasteiger partial charge in [-0.05, 0) is 26.0 Å². The molecule has 0 aliphatic rings. The summed E-state index contributed by atoms with van der Waals surface area (Å²) in [5.74, 6) is 0.726. The van der Waals surface area contributed by atoms with E-state index in [1.165, 1.54) is 0 Å². The molecule has 4 nitrogen and oxygen atoms in total. The highest BCUT2D eigenvalue weighted by atomic mass is 16.5. The summed E-state index contributed by atoms with van der Waals surface area (Å²) < 4.78 is 10.6. The largest absolute Gasteiger partial charge is 0.492 e. The van der Waals surface area contributed by atoms with E-state index >= 15 is 0 Å².